The van der Waals surface area contributed by atoms with Gasteiger partial charge in [-0.25, -0.2) is 9.67 Å². The summed E-state index contributed by atoms with van der Waals surface area (Å²) in [5, 5.41) is 13.7. The first-order valence-corrected chi connectivity index (χ1v) is 4.87. The number of hydrogen-bond acceptors (Lipinski definition) is 3. The van der Waals surface area contributed by atoms with Crippen LogP contribution in [-0.2, 0) is 6.61 Å². The van der Waals surface area contributed by atoms with Crippen molar-refractivity contribution in [1.82, 2.24) is 14.8 Å². The standard InChI is InChI=1S/C10H10ClN3O/c1-7-4-5-14(13-7)10-3-2-8(11)9(6-15)12-10/h2-5,15H,6H2,1H3. The lowest BCUT2D eigenvalue weighted by Gasteiger charge is -2.04. The van der Waals surface area contributed by atoms with Gasteiger partial charge in [-0.15, -0.1) is 0 Å². The first kappa shape index (κ1) is 10.1. The molecule has 4 nitrogen and oxygen atoms in total. The number of hydrogen-bond donors (Lipinski definition) is 1. The molecular weight excluding hydrogens is 214 g/mol. The number of nitrogens with zero attached hydrogens (tertiary/aromatic N) is 3. The average Bonchev–Trinajstić information content (AvgIpc) is 2.66. The Morgan fingerprint density at radius 3 is 2.80 bits per heavy atom. The quantitative estimate of drug-likeness (QED) is 0.844. The molecule has 0 aliphatic heterocycles. The molecule has 0 fully saturated rings. The van der Waals surface area contributed by atoms with Crippen LogP contribution < -0.4 is 0 Å². The molecule has 0 aromatic carbocycles. The van der Waals surface area contributed by atoms with E-state index in [0.717, 1.165) is 5.69 Å². The molecule has 2 heterocycles. The lowest BCUT2D eigenvalue weighted by molar-refractivity contribution is 0.277. The van der Waals surface area contributed by atoms with Crippen molar-refractivity contribution in [3.63, 3.8) is 0 Å². The zero-order chi connectivity index (χ0) is 10.8. The van der Waals surface area contributed by atoms with Crippen LogP contribution in [0.15, 0.2) is 24.4 Å². The second kappa shape index (κ2) is 4.00. The van der Waals surface area contributed by atoms with Gasteiger partial charge in [0, 0.05) is 6.20 Å². The van der Waals surface area contributed by atoms with Crippen molar-refractivity contribution in [3.8, 4) is 5.82 Å². The Labute approximate surface area is 92.1 Å². The van der Waals surface area contributed by atoms with Crippen molar-refractivity contribution in [2.45, 2.75) is 13.5 Å². The van der Waals surface area contributed by atoms with Crippen molar-refractivity contribution in [2.75, 3.05) is 0 Å². The molecule has 0 atom stereocenters. The third-order valence-electron chi connectivity index (χ3n) is 2.01. The Balaban J connectivity index is 2.45. The highest BCUT2D eigenvalue weighted by Crippen LogP contribution is 2.15. The molecule has 0 radical (unpaired) electrons. The molecule has 2 rings (SSSR count). The maximum Gasteiger partial charge on any atom is 0.153 e. The van der Waals surface area contributed by atoms with Gasteiger partial charge in [-0.1, -0.05) is 11.6 Å². The smallest absolute Gasteiger partial charge is 0.153 e. The van der Waals surface area contributed by atoms with Crippen LogP contribution in [0.4, 0.5) is 0 Å². The summed E-state index contributed by atoms with van der Waals surface area (Å²) in [5.74, 6) is 0.650. The van der Waals surface area contributed by atoms with Gasteiger partial charge in [-0.3, -0.25) is 0 Å². The fourth-order valence-electron chi connectivity index (χ4n) is 1.25. The highest BCUT2D eigenvalue weighted by molar-refractivity contribution is 6.31. The zero-order valence-electron chi connectivity index (χ0n) is 8.18. The predicted molar refractivity (Wildman–Crippen MR) is 57.0 cm³/mol. The summed E-state index contributed by atoms with van der Waals surface area (Å²) in [4.78, 5) is 4.19. The van der Waals surface area contributed by atoms with Crippen molar-refractivity contribution in [3.05, 3.63) is 40.8 Å². The largest absolute Gasteiger partial charge is 0.390 e. The van der Waals surface area contributed by atoms with E-state index in [4.69, 9.17) is 16.7 Å². The minimum atomic E-state index is -0.174. The van der Waals surface area contributed by atoms with Gasteiger partial charge in [-0.05, 0) is 25.1 Å². The SMILES string of the molecule is Cc1ccn(-c2ccc(Cl)c(CO)n2)n1. The fraction of sp³-hybridized carbons (Fsp3) is 0.200. The van der Waals surface area contributed by atoms with Gasteiger partial charge in [0.1, 0.15) is 0 Å². The molecule has 2 aromatic heterocycles. The third kappa shape index (κ3) is 2.00. The van der Waals surface area contributed by atoms with Crippen LogP contribution in [0.1, 0.15) is 11.4 Å². The fourth-order valence-corrected chi connectivity index (χ4v) is 1.42. The van der Waals surface area contributed by atoms with Crippen LogP contribution in [0.5, 0.6) is 0 Å². The van der Waals surface area contributed by atoms with Gasteiger partial charge in [0.2, 0.25) is 0 Å². The molecule has 78 valence electrons. The molecule has 0 amide bonds. The molecule has 0 unspecified atom stereocenters. The molecule has 0 aliphatic carbocycles. The van der Waals surface area contributed by atoms with Crippen LogP contribution in [0.3, 0.4) is 0 Å². The average molecular weight is 224 g/mol. The first-order valence-electron chi connectivity index (χ1n) is 4.49. The molecule has 0 saturated carbocycles. The third-order valence-corrected chi connectivity index (χ3v) is 2.35. The highest BCUT2D eigenvalue weighted by atomic mass is 35.5. The second-order valence-corrected chi connectivity index (χ2v) is 3.56. The molecule has 15 heavy (non-hydrogen) atoms. The van der Waals surface area contributed by atoms with E-state index < -0.39 is 0 Å². The topological polar surface area (TPSA) is 50.9 Å². The summed E-state index contributed by atoms with van der Waals surface area (Å²) in [6, 6.07) is 5.34. The van der Waals surface area contributed by atoms with Crippen LogP contribution in [0, 0.1) is 6.92 Å². The van der Waals surface area contributed by atoms with Gasteiger partial charge in [0.05, 0.1) is 23.0 Å². The van der Waals surface area contributed by atoms with E-state index in [0.29, 0.717) is 16.5 Å². The summed E-state index contributed by atoms with van der Waals surface area (Å²) in [5.41, 5.74) is 1.37. The number of pyridine rings is 1. The van der Waals surface area contributed by atoms with Crippen molar-refractivity contribution >= 4 is 11.6 Å². The number of aliphatic hydroxyl groups excluding tert-OH is 1. The Morgan fingerprint density at radius 2 is 2.20 bits per heavy atom. The molecule has 0 bridgehead atoms. The van der Waals surface area contributed by atoms with Crippen molar-refractivity contribution in [1.29, 1.82) is 0 Å². The number of aliphatic hydroxyl groups is 1. The molecular formula is C10H10ClN3O. The van der Waals surface area contributed by atoms with Gasteiger partial charge in [0.25, 0.3) is 0 Å². The van der Waals surface area contributed by atoms with Gasteiger partial charge in [0.15, 0.2) is 5.82 Å². The minimum Gasteiger partial charge on any atom is -0.390 e. The molecule has 1 N–H and O–H groups in total. The molecule has 5 heteroatoms. The summed E-state index contributed by atoms with van der Waals surface area (Å²) in [7, 11) is 0. The Hall–Kier alpha value is -1.39. The number of aryl methyl sites for hydroxylation is 1. The van der Waals surface area contributed by atoms with Gasteiger partial charge < -0.3 is 5.11 Å². The van der Waals surface area contributed by atoms with Crippen LogP contribution in [-0.4, -0.2) is 19.9 Å². The van der Waals surface area contributed by atoms with E-state index in [1.807, 2.05) is 19.2 Å². The molecule has 0 spiro atoms. The van der Waals surface area contributed by atoms with Crippen molar-refractivity contribution in [2.24, 2.45) is 0 Å². The van der Waals surface area contributed by atoms with E-state index in [1.165, 1.54) is 0 Å². The summed E-state index contributed by atoms with van der Waals surface area (Å²) in [6.07, 6.45) is 1.81. The highest BCUT2D eigenvalue weighted by Gasteiger charge is 2.04. The Morgan fingerprint density at radius 1 is 1.40 bits per heavy atom. The van der Waals surface area contributed by atoms with Crippen molar-refractivity contribution < 1.29 is 5.11 Å². The number of halogens is 1. The monoisotopic (exact) mass is 223 g/mol. The van der Waals surface area contributed by atoms with Gasteiger partial charge in [-0.2, -0.15) is 5.10 Å². The van der Waals surface area contributed by atoms with E-state index >= 15 is 0 Å². The Bertz CT molecular complexity index is 481. The minimum absolute atomic E-state index is 0.174. The van der Waals surface area contributed by atoms with Gasteiger partial charge >= 0.3 is 0 Å². The molecule has 0 saturated heterocycles. The predicted octanol–water partition coefficient (Wildman–Crippen LogP) is 1.72. The normalized spacial score (nSPS) is 10.6. The lowest BCUT2D eigenvalue weighted by Crippen LogP contribution is -2.01. The van der Waals surface area contributed by atoms with E-state index in [-0.39, 0.29) is 6.61 Å². The van der Waals surface area contributed by atoms with E-state index in [9.17, 15) is 0 Å². The lowest BCUT2D eigenvalue weighted by atomic mass is 10.3. The summed E-state index contributed by atoms with van der Waals surface area (Å²) >= 11 is 5.84. The van der Waals surface area contributed by atoms with Crippen LogP contribution in [0.25, 0.3) is 5.82 Å². The number of rotatable bonds is 2. The molecule has 0 aliphatic rings. The van der Waals surface area contributed by atoms with E-state index in [2.05, 4.69) is 10.1 Å². The summed E-state index contributed by atoms with van der Waals surface area (Å²) in [6.45, 7) is 1.73. The maximum atomic E-state index is 9.02. The van der Waals surface area contributed by atoms with E-state index in [1.54, 1.807) is 16.8 Å². The zero-order valence-corrected chi connectivity index (χ0v) is 8.94. The summed E-state index contributed by atoms with van der Waals surface area (Å²) < 4.78 is 1.64. The van der Waals surface area contributed by atoms with Crippen LogP contribution >= 0.6 is 11.6 Å². The first-order chi connectivity index (χ1) is 7.20. The number of aromatic nitrogens is 3. The molecule has 2 aromatic rings. The van der Waals surface area contributed by atoms with Crippen LogP contribution in [0.2, 0.25) is 5.02 Å². The maximum absolute atomic E-state index is 9.02. The Kier molecular flexibility index (Phi) is 2.70. The second-order valence-electron chi connectivity index (χ2n) is 3.16.